The highest BCUT2D eigenvalue weighted by molar-refractivity contribution is 6.61. The third kappa shape index (κ3) is 8.19. The zero-order valence-corrected chi connectivity index (χ0v) is 33.4. The number of fused-ring (bicyclic) bond motifs is 13. The normalized spacial score (nSPS) is 32.2. The number of benzene rings is 1. The Bertz CT molecular complexity index is 1960. The van der Waals surface area contributed by atoms with E-state index >= 15 is 0 Å². The van der Waals surface area contributed by atoms with Gasteiger partial charge in [0.05, 0.1) is 35.7 Å². The van der Waals surface area contributed by atoms with Gasteiger partial charge in [0.25, 0.3) is 17.6 Å². The van der Waals surface area contributed by atoms with Gasteiger partial charge in [-0.05, 0) is 19.9 Å². The topological polar surface area (TPSA) is 231 Å². The van der Waals surface area contributed by atoms with Crippen LogP contribution in [-0.4, -0.2) is 112 Å². The number of amides is 2. The van der Waals surface area contributed by atoms with Crippen LogP contribution in [-0.2, 0) is 28.6 Å². The van der Waals surface area contributed by atoms with Gasteiger partial charge in [0, 0.05) is 75.4 Å². The van der Waals surface area contributed by atoms with Crippen LogP contribution in [0.2, 0.25) is 0 Å². The summed E-state index contributed by atoms with van der Waals surface area (Å²) in [6.07, 6.45) is 2.97. The molecule has 16 nitrogen and oxygen atoms in total. The molecule has 1 aromatic rings. The molecular weight excluding hydrogens is 730 g/mol. The zero-order valence-electron chi connectivity index (χ0n) is 33.4. The highest BCUT2D eigenvalue weighted by atomic mass is 16.7. The smallest absolute Gasteiger partial charge is 0.312 e. The van der Waals surface area contributed by atoms with Gasteiger partial charge in [0.2, 0.25) is 5.78 Å². The molecule has 0 fully saturated rings. The number of ether oxygens (including phenoxy) is 4. The molecule has 0 radical (unpaired) electrons. The fourth-order valence-corrected chi connectivity index (χ4v) is 7.13. The first-order valence-electron chi connectivity index (χ1n) is 18.1. The fraction of sp³-hybridized carbons (Fsp3) is 0.500. The number of carbonyl (C=O) groups is 5. The number of aliphatic imine (C=N–C) groups is 1. The molecule has 0 spiro atoms. The lowest BCUT2D eigenvalue weighted by Crippen LogP contribution is -2.46. The molecule has 2 amide bonds. The van der Waals surface area contributed by atoms with Crippen molar-refractivity contribution < 1.29 is 63.3 Å². The average molecular weight is 782 g/mol. The minimum atomic E-state index is -2.14. The van der Waals surface area contributed by atoms with E-state index in [0.29, 0.717) is 0 Å². The van der Waals surface area contributed by atoms with Crippen molar-refractivity contribution in [1.82, 2.24) is 10.4 Å². The summed E-state index contributed by atoms with van der Waals surface area (Å²) in [5.74, 6) is -11.3. The standard InChI is InChI=1S/C40H51N3O13/c1-17-13-12-14-18(2)38(51)41-29-28(39(52)42-43(9)10)33(48)25-26(34(29)49)32(47)22(6)36-27(25)37(50)40(8,56-36)54-16-15-24(53-11)19(3)35(55-23(7)44)21(5)31(46)20(4)30(17)45/h12-17,19-21,24,30-31,35,45-48H,1-11H3,(H,42,52)/b13-12+,16-15+,18-14-,41-29?. The monoisotopic (exact) mass is 781 g/mol. The summed E-state index contributed by atoms with van der Waals surface area (Å²) in [6, 6.07) is 0. The Morgan fingerprint density at radius 1 is 0.946 bits per heavy atom. The van der Waals surface area contributed by atoms with Crippen LogP contribution in [0.3, 0.4) is 0 Å². The van der Waals surface area contributed by atoms with Crippen LogP contribution in [0.5, 0.6) is 11.5 Å². The van der Waals surface area contributed by atoms with Gasteiger partial charge in [0.1, 0.15) is 34.6 Å². The largest absolute Gasteiger partial charge is 0.507 e. The SMILES string of the molecule is COC1/C=C/OC2(C)Oc3c(C)c(O)c4c(c3C2=O)C(O)=C(C(=O)NN(C)C)C(=NC(=O)/C(C)=C\C=C\C(C)C(O)C(C)C(O)C(C)C(OC(C)=O)C1C)C4=O. The Labute approximate surface area is 325 Å². The number of phenolic OH excluding ortho intramolecular Hbond substituents is 1. The number of hydrogen-bond donors (Lipinski definition) is 5. The number of allylic oxidation sites excluding steroid dienone is 2. The van der Waals surface area contributed by atoms with Gasteiger partial charge in [-0.15, -0.1) is 0 Å². The summed E-state index contributed by atoms with van der Waals surface area (Å²) in [5, 5.41) is 47.1. The van der Waals surface area contributed by atoms with Gasteiger partial charge >= 0.3 is 11.8 Å². The van der Waals surface area contributed by atoms with E-state index in [-0.39, 0.29) is 22.4 Å². The van der Waals surface area contributed by atoms with Crippen molar-refractivity contribution in [2.24, 2.45) is 28.7 Å². The highest BCUT2D eigenvalue weighted by Gasteiger charge is 2.52. The molecule has 3 aliphatic heterocycles. The summed E-state index contributed by atoms with van der Waals surface area (Å²) < 4.78 is 23.3. The van der Waals surface area contributed by atoms with Gasteiger partial charge in [0.15, 0.2) is 0 Å². The highest BCUT2D eigenvalue weighted by Crippen LogP contribution is 2.50. The first kappa shape index (κ1) is 43.6. The van der Waals surface area contributed by atoms with Crippen molar-refractivity contribution in [1.29, 1.82) is 0 Å². The predicted octanol–water partition coefficient (Wildman–Crippen LogP) is 3.28. The van der Waals surface area contributed by atoms with E-state index in [0.717, 1.165) is 6.26 Å². The van der Waals surface area contributed by atoms with Crippen molar-refractivity contribution in [2.45, 2.75) is 85.6 Å². The van der Waals surface area contributed by atoms with Gasteiger partial charge in [-0.25, -0.2) is 10.0 Å². The molecule has 1 aliphatic carbocycles. The number of aromatic hydroxyl groups is 1. The second-order valence-electron chi connectivity index (χ2n) is 14.8. The average Bonchev–Trinajstić information content (AvgIpc) is 3.39. The molecule has 304 valence electrons. The predicted molar refractivity (Wildman–Crippen MR) is 203 cm³/mol. The third-order valence-corrected chi connectivity index (χ3v) is 10.5. The molecule has 5 rings (SSSR count). The lowest BCUT2D eigenvalue weighted by atomic mass is 9.78. The molecule has 0 aromatic heterocycles. The van der Waals surface area contributed by atoms with E-state index in [4.69, 9.17) is 18.9 Å². The number of ketones is 2. The first-order valence-corrected chi connectivity index (χ1v) is 18.1. The summed E-state index contributed by atoms with van der Waals surface area (Å²) in [6.45, 7) is 12.0. The molecule has 0 saturated heterocycles. The fourth-order valence-electron chi connectivity index (χ4n) is 7.13. The number of aliphatic hydroxyl groups is 3. The maximum absolute atomic E-state index is 14.2. The molecule has 3 heterocycles. The number of nitrogens with one attached hydrogen (secondary N) is 1. The van der Waals surface area contributed by atoms with Crippen LogP contribution in [0, 0.1) is 30.6 Å². The molecule has 5 N–H and O–H groups in total. The van der Waals surface area contributed by atoms with E-state index in [2.05, 4.69) is 10.4 Å². The number of esters is 1. The summed E-state index contributed by atoms with van der Waals surface area (Å²) in [5.41, 5.74) is -0.682. The molecule has 5 bridgehead atoms. The second kappa shape index (κ2) is 16.9. The van der Waals surface area contributed by atoms with Gasteiger partial charge < -0.3 is 39.4 Å². The van der Waals surface area contributed by atoms with Crippen molar-refractivity contribution in [3.8, 4) is 11.5 Å². The quantitative estimate of drug-likeness (QED) is 0.218. The number of carbonyl (C=O) groups excluding carboxylic acids is 5. The summed E-state index contributed by atoms with van der Waals surface area (Å²) >= 11 is 0. The summed E-state index contributed by atoms with van der Waals surface area (Å²) in [4.78, 5) is 71.7. The summed E-state index contributed by atoms with van der Waals surface area (Å²) in [7, 11) is 4.32. The number of methoxy groups -OCH3 is 1. The van der Waals surface area contributed by atoms with Crippen LogP contribution in [0.4, 0.5) is 0 Å². The number of hydrazine groups is 1. The van der Waals surface area contributed by atoms with E-state index < -0.39 is 117 Å². The molecule has 16 heteroatoms. The molecule has 56 heavy (non-hydrogen) atoms. The van der Waals surface area contributed by atoms with Crippen LogP contribution in [0.25, 0.3) is 5.76 Å². The Kier molecular flexibility index (Phi) is 13.2. The minimum absolute atomic E-state index is 0.0122. The van der Waals surface area contributed by atoms with Crippen molar-refractivity contribution in [3.63, 3.8) is 0 Å². The van der Waals surface area contributed by atoms with Crippen LogP contribution < -0.4 is 10.2 Å². The maximum Gasteiger partial charge on any atom is 0.312 e. The lowest BCUT2D eigenvalue weighted by molar-refractivity contribution is -0.160. The van der Waals surface area contributed by atoms with E-state index in [1.54, 1.807) is 33.8 Å². The minimum Gasteiger partial charge on any atom is -0.507 e. The Hall–Kier alpha value is -5.16. The van der Waals surface area contributed by atoms with Crippen molar-refractivity contribution in [3.05, 3.63) is 64.0 Å². The van der Waals surface area contributed by atoms with Crippen LogP contribution >= 0.6 is 0 Å². The molecule has 9 unspecified atom stereocenters. The molecule has 9 atom stereocenters. The van der Waals surface area contributed by atoms with Crippen LogP contribution in [0.15, 0.2) is 46.7 Å². The zero-order chi connectivity index (χ0) is 42.1. The van der Waals surface area contributed by atoms with E-state index in [1.807, 2.05) is 0 Å². The Morgan fingerprint density at radius 3 is 2.18 bits per heavy atom. The van der Waals surface area contributed by atoms with Gasteiger partial charge in [-0.3, -0.25) is 29.4 Å². The van der Waals surface area contributed by atoms with Crippen molar-refractivity contribution >= 4 is 40.8 Å². The van der Waals surface area contributed by atoms with E-state index in [1.165, 1.54) is 72.1 Å². The number of aliphatic hydroxyl groups excluding tert-OH is 3. The Morgan fingerprint density at radius 2 is 1.59 bits per heavy atom. The number of nitrogens with zero attached hydrogens (tertiary/aromatic N) is 2. The maximum atomic E-state index is 14.2. The molecular formula is C40H51N3O13. The molecule has 4 aliphatic rings. The number of hydrogen-bond acceptors (Lipinski definition) is 14. The van der Waals surface area contributed by atoms with Crippen LogP contribution in [0.1, 0.15) is 80.3 Å². The number of rotatable bonds is 4. The number of Topliss-reactive ketones (excluding diaryl/α,β-unsaturated/α-hetero) is 2. The van der Waals surface area contributed by atoms with Crippen molar-refractivity contribution in [2.75, 3.05) is 21.2 Å². The first-order chi connectivity index (χ1) is 26.1. The van der Waals surface area contributed by atoms with Gasteiger partial charge in [-0.1, -0.05) is 45.9 Å². The van der Waals surface area contributed by atoms with Gasteiger partial charge in [-0.2, -0.15) is 0 Å². The molecule has 0 saturated carbocycles. The Balaban J connectivity index is 1.98. The van der Waals surface area contributed by atoms with E-state index in [9.17, 15) is 44.4 Å². The number of phenols is 1. The lowest BCUT2D eigenvalue weighted by Gasteiger charge is -2.38. The molecule has 1 aromatic carbocycles. The third-order valence-electron chi connectivity index (χ3n) is 10.5. The second-order valence-corrected chi connectivity index (χ2v) is 14.8.